The molecule has 2 nitrogen and oxygen atoms in total. The van der Waals surface area contributed by atoms with Gasteiger partial charge in [-0.2, -0.15) is 13.2 Å². The number of benzene rings is 1. The molecule has 0 amide bonds. The van der Waals surface area contributed by atoms with Crippen molar-refractivity contribution in [2.75, 3.05) is 0 Å². The number of hydrogen-bond donors (Lipinski definition) is 0. The smallest absolute Gasteiger partial charge is 0.294 e. The Kier molecular flexibility index (Phi) is 3.24. The molecule has 0 bridgehead atoms. The maximum absolute atomic E-state index is 11.9. The molecule has 5 heteroatoms. The van der Waals surface area contributed by atoms with Crippen LogP contribution in [0, 0.1) is 0 Å². The van der Waals surface area contributed by atoms with Crippen LogP contribution in [0.4, 0.5) is 13.2 Å². The van der Waals surface area contributed by atoms with Gasteiger partial charge in [-0.05, 0) is 0 Å². The standard InChI is InChI=1S/C10H6F3O2/c11-10(12,13)5-9(15)8-3-1-7(6-14)2-4-8/h1-4H,5H2. The fraction of sp³-hybridized carbons (Fsp3) is 0.200. The Hall–Kier alpha value is -1.65. The fourth-order valence-corrected chi connectivity index (χ4v) is 1.01. The first-order valence-corrected chi connectivity index (χ1v) is 4.00. The first kappa shape index (κ1) is 11.4. The molecule has 1 rings (SSSR count). The number of alkyl halides is 3. The number of ketones is 1. The molecule has 0 N–H and O–H groups in total. The van der Waals surface area contributed by atoms with Crippen LogP contribution in [-0.4, -0.2) is 18.2 Å². The summed E-state index contributed by atoms with van der Waals surface area (Å²) in [5, 5.41) is 0. The van der Waals surface area contributed by atoms with E-state index in [-0.39, 0.29) is 11.1 Å². The minimum Gasteiger partial charge on any atom is -0.294 e. The van der Waals surface area contributed by atoms with Gasteiger partial charge in [0.2, 0.25) is 6.29 Å². The van der Waals surface area contributed by atoms with Gasteiger partial charge in [-0.15, -0.1) is 0 Å². The lowest BCUT2D eigenvalue weighted by Gasteiger charge is -2.04. The molecule has 0 fully saturated rings. The number of carbonyl (C=O) groups is 1. The molecule has 1 aromatic rings. The molecule has 0 unspecified atom stereocenters. The van der Waals surface area contributed by atoms with Gasteiger partial charge in [0.1, 0.15) is 6.42 Å². The first-order chi connectivity index (χ1) is 6.92. The van der Waals surface area contributed by atoms with Crippen molar-refractivity contribution < 1.29 is 22.8 Å². The van der Waals surface area contributed by atoms with E-state index in [1.165, 1.54) is 24.3 Å². The van der Waals surface area contributed by atoms with Crippen molar-refractivity contribution in [2.45, 2.75) is 12.6 Å². The number of carbonyl (C=O) groups excluding carboxylic acids is 2. The summed E-state index contributed by atoms with van der Waals surface area (Å²) in [4.78, 5) is 21.2. The molecule has 79 valence electrons. The fourth-order valence-electron chi connectivity index (χ4n) is 1.01. The van der Waals surface area contributed by atoms with Gasteiger partial charge in [-0.25, -0.2) is 0 Å². The second-order valence-corrected chi connectivity index (χ2v) is 2.89. The van der Waals surface area contributed by atoms with Crippen LogP contribution in [0.2, 0.25) is 0 Å². The predicted octanol–water partition coefficient (Wildman–Crippen LogP) is 2.28. The Labute approximate surface area is 83.7 Å². The molecule has 0 saturated heterocycles. The van der Waals surface area contributed by atoms with Crippen LogP contribution in [0.1, 0.15) is 22.3 Å². The minimum atomic E-state index is -4.51. The van der Waals surface area contributed by atoms with Crippen molar-refractivity contribution in [3.05, 3.63) is 35.4 Å². The average molecular weight is 215 g/mol. The van der Waals surface area contributed by atoms with E-state index in [4.69, 9.17) is 0 Å². The predicted molar refractivity (Wildman–Crippen MR) is 46.2 cm³/mol. The van der Waals surface area contributed by atoms with E-state index in [0.29, 0.717) is 0 Å². The Bertz CT molecular complexity index is 365. The topological polar surface area (TPSA) is 34.1 Å². The summed E-state index contributed by atoms with van der Waals surface area (Å²) in [5.41, 5.74) is 0.130. The lowest BCUT2D eigenvalue weighted by atomic mass is 10.1. The average Bonchev–Trinajstić information content (AvgIpc) is 2.15. The highest BCUT2D eigenvalue weighted by atomic mass is 19.4. The van der Waals surface area contributed by atoms with E-state index in [1.54, 1.807) is 6.29 Å². The van der Waals surface area contributed by atoms with Crippen molar-refractivity contribution in [2.24, 2.45) is 0 Å². The lowest BCUT2D eigenvalue weighted by molar-refractivity contribution is -0.125. The van der Waals surface area contributed by atoms with Crippen LogP contribution < -0.4 is 0 Å². The maximum Gasteiger partial charge on any atom is 0.396 e. The van der Waals surface area contributed by atoms with Crippen molar-refractivity contribution in [3.8, 4) is 0 Å². The van der Waals surface area contributed by atoms with Crippen molar-refractivity contribution in [1.29, 1.82) is 0 Å². The SMILES string of the molecule is O=[C]c1ccc(C(=O)CC(F)(F)F)cc1. The summed E-state index contributed by atoms with van der Waals surface area (Å²) in [7, 11) is 0. The van der Waals surface area contributed by atoms with Gasteiger partial charge in [0.05, 0.1) is 0 Å². The number of rotatable bonds is 3. The molecule has 1 radical (unpaired) electrons. The van der Waals surface area contributed by atoms with Crippen molar-refractivity contribution in [3.63, 3.8) is 0 Å². The van der Waals surface area contributed by atoms with Gasteiger partial charge in [0.15, 0.2) is 5.78 Å². The van der Waals surface area contributed by atoms with Crippen LogP contribution in [0.3, 0.4) is 0 Å². The van der Waals surface area contributed by atoms with Gasteiger partial charge in [0.25, 0.3) is 0 Å². The molecule has 0 aliphatic heterocycles. The third-order valence-corrected chi connectivity index (χ3v) is 1.69. The second kappa shape index (κ2) is 4.25. The van der Waals surface area contributed by atoms with Gasteiger partial charge >= 0.3 is 6.18 Å². The highest BCUT2D eigenvalue weighted by Gasteiger charge is 2.31. The summed E-state index contributed by atoms with van der Waals surface area (Å²) in [6.07, 6.45) is -4.44. The van der Waals surface area contributed by atoms with Gasteiger partial charge in [-0.3, -0.25) is 9.59 Å². The van der Waals surface area contributed by atoms with Crippen LogP contribution in [0.15, 0.2) is 24.3 Å². The van der Waals surface area contributed by atoms with Gasteiger partial charge in [0, 0.05) is 11.1 Å². The summed E-state index contributed by atoms with van der Waals surface area (Å²) in [6.45, 7) is 0. The first-order valence-electron chi connectivity index (χ1n) is 4.00. The molecule has 15 heavy (non-hydrogen) atoms. The molecule has 0 heterocycles. The van der Waals surface area contributed by atoms with Crippen LogP contribution in [0.5, 0.6) is 0 Å². The summed E-state index contributed by atoms with van der Waals surface area (Å²) in [6, 6.07) is 4.84. The van der Waals surface area contributed by atoms with Crippen molar-refractivity contribution in [1.82, 2.24) is 0 Å². The molecule has 0 spiro atoms. The van der Waals surface area contributed by atoms with E-state index < -0.39 is 18.4 Å². The quantitative estimate of drug-likeness (QED) is 0.725. The molecule has 0 atom stereocenters. The highest BCUT2D eigenvalue weighted by molar-refractivity contribution is 5.97. The number of halogens is 3. The molecule has 0 saturated carbocycles. The molecular weight excluding hydrogens is 209 g/mol. The number of Topliss-reactive ketones (excluding diaryl/α,β-unsaturated/α-hetero) is 1. The van der Waals surface area contributed by atoms with E-state index in [0.717, 1.165) is 0 Å². The maximum atomic E-state index is 11.9. The Balaban J connectivity index is 2.79. The Morgan fingerprint density at radius 2 is 1.73 bits per heavy atom. The highest BCUT2D eigenvalue weighted by Crippen LogP contribution is 2.22. The zero-order valence-corrected chi connectivity index (χ0v) is 7.47. The van der Waals surface area contributed by atoms with Gasteiger partial charge < -0.3 is 0 Å². The zero-order chi connectivity index (χ0) is 11.5. The second-order valence-electron chi connectivity index (χ2n) is 2.89. The third kappa shape index (κ3) is 3.53. The normalized spacial score (nSPS) is 11.1. The molecule has 0 aromatic heterocycles. The van der Waals surface area contributed by atoms with E-state index in [9.17, 15) is 22.8 Å². The minimum absolute atomic E-state index is 0.0636. The van der Waals surface area contributed by atoms with Crippen LogP contribution in [0.25, 0.3) is 0 Å². The third-order valence-electron chi connectivity index (χ3n) is 1.69. The van der Waals surface area contributed by atoms with Crippen LogP contribution in [-0.2, 0) is 4.79 Å². The van der Waals surface area contributed by atoms with Gasteiger partial charge in [-0.1, -0.05) is 24.3 Å². The summed E-state index contributed by atoms with van der Waals surface area (Å²) in [5.74, 6) is -1.01. The zero-order valence-electron chi connectivity index (χ0n) is 7.47. The molecular formula is C10H6F3O2. The molecule has 0 aliphatic rings. The summed E-state index contributed by atoms with van der Waals surface area (Å²) < 4.78 is 35.6. The van der Waals surface area contributed by atoms with Crippen LogP contribution >= 0.6 is 0 Å². The largest absolute Gasteiger partial charge is 0.396 e. The van der Waals surface area contributed by atoms with E-state index >= 15 is 0 Å². The van der Waals surface area contributed by atoms with E-state index in [2.05, 4.69) is 0 Å². The monoisotopic (exact) mass is 215 g/mol. The molecule has 0 aliphatic carbocycles. The Morgan fingerprint density at radius 3 is 2.13 bits per heavy atom. The lowest BCUT2D eigenvalue weighted by Crippen LogP contribution is -2.14. The van der Waals surface area contributed by atoms with E-state index in [1.807, 2.05) is 0 Å². The van der Waals surface area contributed by atoms with Crippen molar-refractivity contribution >= 4 is 12.1 Å². The summed E-state index contributed by atoms with van der Waals surface area (Å²) >= 11 is 0. The molecule has 1 aromatic carbocycles. The Morgan fingerprint density at radius 1 is 1.20 bits per heavy atom. The number of hydrogen-bond acceptors (Lipinski definition) is 2.